The van der Waals surface area contributed by atoms with E-state index in [0.29, 0.717) is 11.1 Å². The molecular formula is C14H12Br2O4Ti. The molecule has 0 amide bonds. The van der Waals surface area contributed by atoms with Crippen LogP contribution >= 0.6 is 26.3 Å². The zero-order chi connectivity index (χ0) is 16.1. The molecule has 0 heterocycles. The summed E-state index contributed by atoms with van der Waals surface area (Å²) in [7, 11) is 0. The number of hydrogen-bond donors (Lipinski definition) is 2. The quantitative estimate of drug-likeness (QED) is 0.661. The van der Waals surface area contributed by atoms with Crippen LogP contribution in [0.25, 0.3) is 0 Å². The first kappa shape index (κ1) is 20.1. The fraction of sp³-hybridized carbons (Fsp3) is 0. The second-order valence-electron chi connectivity index (χ2n) is 3.41. The van der Waals surface area contributed by atoms with Crippen molar-refractivity contribution in [2.45, 2.75) is 0 Å². The number of carboxylic acid groups (broad SMARTS) is 2. The summed E-state index contributed by atoms with van der Waals surface area (Å²) < 4.78 is 0. The number of carboxylic acids is 2. The Bertz CT molecular complexity index is 486. The van der Waals surface area contributed by atoms with Crippen molar-refractivity contribution in [3.05, 3.63) is 71.8 Å². The van der Waals surface area contributed by atoms with E-state index >= 15 is 0 Å². The maximum absolute atomic E-state index is 10.2. The normalized spacial score (nSPS) is 8.29. The van der Waals surface area contributed by atoms with Crippen molar-refractivity contribution < 1.29 is 34.8 Å². The zero-order valence-electron chi connectivity index (χ0n) is 10.7. The SMILES string of the molecule is O=C(O)c1ccccc1.O=C(O)c1ccccc1.[Br][Ti][Br]. The molecule has 110 valence electrons. The topological polar surface area (TPSA) is 74.6 Å². The van der Waals surface area contributed by atoms with Crippen molar-refractivity contribution >= 4 is 38.3 Å². The number of rotatable bonds is 2. The number of carbonyl (C=O) groups is 2. The Hall–Kier alpha value is -0.946. The van der Waals surface area contributed by atoms with Gasteiger partial charge < -0.3 is 10.2 Å². The van der Waals surface area contributed by atoms with Gasteiger partial charge in [-0.25, -0.2) is 9.59 Å². The van der Waals surface area contributed by atoms with Gasteiger partial charge in [-0.2, -0.15) is 0 Å². The fourth-order valence-corrected chi connectivity index (χ4v) is 1.16. The first-order valence-electron chi connectivity index (χ1n) is 5.55. The number of benzene rings is 2. The van der Waals surface area contributed by atoms with Crippen molar-refractivity contribution in [2.24, 2.45) is 0 Å². The molecule has 2 N–H and O–H groups in total. The van der Waals surface area contributed by atoms with E-state index in [0.717, 1.165) is 0 Å². The van der Waals surface area contributed by atoms with Crippen LogP contribution in [0.1, 0.15) is 20.7 Å². The van der Waals surface area contributed by atoms with E-state index in [-0.39, 0.29) is 15.0 Å². The van der Waals surface area contributed by atoms with Gasteiger partial charge in [0.15, 0.2) is 0 Å². The Kier molecular flexibility index (Phi) is 12.2. The monoisotopic (exact) mass is 450 g/mol. The number of halogens is 2. The molecule has 0 atom stereocenters. The van der Waals surface area contributed by atoms with Crippen LogP contribution in [0.4, 0.5) is 0 Å². The molecule has 2 aromatic carbocycles. The van der Waals surface area contributed by atoms with Gasteiger partial charge in [-0.1, -0.05) is 36.4 Å². The van der Waals surface area contributed by atoms with Crippen LogP contribution in [0, 0.1) is 0 Å². The maximum atomic E-state index is 10.2. The summed E-state index contributed by atoms with van der Waals surface area (Å²) in [6.45, 7) is 0. The summed E-state index contributed by atoms with van der Waals surface area (Å²) in [6, 6.07) is 16.6. The Balaban J connectivity index is 0.000000322. The van der Waals surface area contributed by atoms with Crippen LogP contribution in [0.5, 0.6) is 0 Å². The molecule has 0 spiro atoms. The Labute approximate surface area is 144 Å². The standard InChI is InChI=1S/2C7H6O2.2BrH.Ti/c2*8-7(9)6-4-2-1-3-5-6;;;/h2*1-5H,(H,8,9);2*1H;/q;;;;+2/p-2. The molecule has 7 heteroatoms. The van der Waals surface area contributed by atoms with E-state index < -0.39 is 11.9 Å². The predicted molar refractivity (Wildman–Crippen MR) is 84.7 cm³/mol. The molecule has 0 saturated carbocycles. The second-order valence-corrected chi connectivity index (χ2v) is 11.3. The average Bonchev–Trinajstić information content (AvgIpc) is 2.50. The van der Waals surface area contributed by atoms with E-state index in [2.05, 4.69) is 26.3 Å². The summed E-state index contributed by atoms with van der Waals surface area (Å²) in [4.78, 5) is 20.4. The molecule has 0 aliphatic rings. The summed E-state index contributed by atoms with van der Waals surface area (Å²) in [5.41, 5.74) is 0.662. The first-order valence-corrected chi connectivity index (χ1v) is 13.3. The Morgan fingerprint density at radius 2 is 0.952 bits per heavy atom. The van der Waals surface area contributed by atoms with Gasteiger partial charge in [0.05, 0.1) is 11.1 Å². The molecule has 21 heavy (non-hydrogen) atoms. The summed E-state index contributed by atoms with van der Waals surface area (Å²) in [6.07, 6.45) is 0. The third kappa shape index (κ3) is 10.4. The van der Waals surface area contributed by atoms with E-state index in [1.807, 2.05) is 0 Å². The molecule has 0 bridgehead atoms. The van der Waals surface area contributed by atoms with Crippen LogP contribution in [-0.2, 0) is 15.0 Å². The van der Waals surface area contributed by atoms with Crippen LogP contribution in [0.15, 0.2) is 60.7 Å². The third-order valence-electron chi connectivity index (χ3n) is 2.04. The summed E-state index contributed by atoms with van der Waals surface area (Å²) in [5.74, 6) is -1.76. The summed E-state index contributed by atoms with van der Waals surface area (Å²) in [5, 5.41) is 16.8. The Morgan fingerprint density at radius 3 is 1.10 bits per heavy atom. The second kappa shape index (κ2) is 12.8. The fourth-order valence-electron chi connectivity index (χ4n) is 1.16. The van der Waals surface area contributed by atoms with Crippen molar-refractivity contribution in [1.82, 2.24) is 0 Å². The third-order valence-corrected chi connectivity index (χ3v) is 2.04. The van der Waals surface area contributed by atoms with Gasteiger partial charge in [0.2, 0.25) is 0 Å². The molecular weight excluding hydrogens is 440 g/mol. The molecule has 0 aliphatic heterocycles. The van der Waals surface area contributed by atoms with Crippen LogP contribution in [0.3, 0.4) is 0 Å². The van der Waals surface area contributed by atoms with Crippen molar-refractivity contribution in [2.75, 3.05) is 0 Å². The van der Waals surface area contributed by atoms with Crippen molar-refractivity contribution in [1.29, 1.82) is 0 Å². The molecule has 0 saturated heterocycles. The molecule has 0 fully saturated rings. The minimum atomic E-state index is -0.879. The van der Waals surface area contributed by atoms with Crippen molar-refractivity contribution in [3.63, 3.8) is 0 Å². The van der Waals surface area contributed by atoms with Gasteiger partial charge >= 0.3 is 53.2 Å². The molecule has 2 rings (SSSR count). The molecule has 2 aromatic rings. The van der Waals surface area contributed by atoms with E-state index in [1.54, 1.807) is 60.7 Å². The van der Waals surface area contributed by atoms with E-state index in [1.165, 1.54) is 0 Å². The van der Waals surface area contributed by atoms with Crippen molar-refractivity contribution in [3.8, 4) is 0 Å². The van der Waals surface area contributed by atoms with Gasteiger partial charge in [0.1, 0.15) is 0 Å². The molecule has 0 radical (unpaired) electrons. The zero-order valence-corrected chi connectivity index (χ0v) is 15.5. The number of aromatic carboxylic acids is 2. The van der Waals surface area contributed by atoms with Crippen LogP contribution in [-0.4, -0.2) is 22.2 Å². The minimum absolute atomic E-state index is 0.125. The van der Waals surface area contributed by atoms with Gasteiger partial charge in [-0.3, -0.25) is 0 Å². The molecule has 4 nitrogen and oxygen atoms in total. The van der Waals surface area contributed by atoms with Gasteiger partial charge in [-0.05, 0) is 24.3 Å². The van der Waals surface area contributed by atoms with Gasteiger partial charge in [-0.15, -0.1) is 0 Å². The average molecular weight is 452 g/mol. The number of hydrogen-bond acceptors (Lipinski definition) is 2. The van der Waals surface area contributed by atoms with Crippen LogP contribution < -0.4 is 0 Å². The molecule has 0 aliphatic carbocycles. The summed E-state index contributed by atoms with van der Waals surface area (Å²) >= 11 is 6.50. The predicted octanol–water partition coefficient (Wildman–Crippen LogP) is 4.46. The molecule has 0 unspecified atom stereocenters. The molecule has 0 aromatic heterocycles. The van der Waals surface area contributed by atoms with Crippen LogP contribution in [0.2, 0.25) is 0 Å². The van der Waals surface area contributed by atoms with E-state index in [4.69, 9.17) is 10.2 Å². The van der Waals surface area contributed by atoms with Gasteiger partial charge in [0.25, 0.3) is 0 Å². The first-order chi connectivity index (χ1) is 10.0. The van der Waals surface area contributed by atoms with Gasteiger partial charge in [0, 0.05) is 0 Å². The Morgan fingerprint density at radius 1 is 0.714 bits per heavy atom. The van der Waals surface area contributed by atoms with E-state index in [9.17, 15) is 9.59 Å².